The van der Waals surface area contributed by atoms with Gasteiger partial charge in [-0.2, -0.15) is 0 Å². The van der Waals surface area contributed by atoms with E-state index in [1.165, 1.54) is 0 Å². The van der Waals surface area contributed by atoms with E-state index in [0.717, 1.165) is 40.8 Å². The molecule has 2 aromatic carbocycles. The van der Waals surface area contributed by atoms with Crippen molar-refractivity contribution in [3.05, 3.63) is 47.3 Å². The van der Waals surface area contributed by atoms with Crippen molar-refractivity contribution in [3.8, 4) is 23.0 Å². The van der Waals surface area contributed by atoms with E-state index in [2.05, 4.69) is 26.1 Å². The molecule has 2 heterocycles. The van der Waals surface area contributed by atoms with Crippen LogP contribution >= 0.6 is 0 Å². The van der Waals surface area contributed by atoms with Crippen molar-refractivity contribution >= 4 is 16.9 Å². The van der Waals surface area contributed by atoms with Gasteiger partial charge in [-0.3, -0.25) is 4.79 Å². The highest BCUT2D eigenvalue weighted by Crippen LogP contribution is 2.70. The fourth-order valence-corrected chi connectivity index (χ4v) is 6.50. The van der Waals surface area contributed by atoms with E-state index >= 15 is 0 Å². The molecule has 8 nitrogen and oxygen atoms in total. The number of benzene rings is 2. The first-order valence-corrected chi connectivity index (χ1v) is 12.4. The maximum Gasteiger partial charge on any atom is 0.232 e. The SMILES string of the molecule is COc1ccc(CCNC(=O)C23CCC(C)(c4nc5cc6c(cc5nc42)OCO6)C3(C)C)cc1OC. The second kappa shape index (κ2) is 7.72. The van der Waals surface area contributed by atoms with E-state index in [9.17, 15) is 4.79 Å². The minimum absolute atomic E-state index is 0.0184. The summed E-state index contributed by atoms with van der Waals surface area (Å²) in [7, 11) is 3.24. The number of nitrogens with one attached hydrogen (secondary N) is 1. The molecule has 1 aromatic heterocycles. The van der Waals surface area contributed by atoms with Crippen LogP contribution in [0.3, 0.4) is 0 Å². The highest BCUT2D eigenvalue weighted by molar-refractivity contribution is 5.93. The van der Waals surface area contributed by atoms with Crippen molar-refractivity contribution in [1.29, 1.82) is 0 Å². The average Bonchev–Trinajstić information content (AvgIpc) is 3.45. The summed E-state index contributed by atoms with van der Waals surface area (Å²) in [6, 6.07) is 9.60. The van der Waals surface area contributed by atoms with Crippen molar-refractivity contribution in [2.24, 2.45) is 5.41 Å². The van der Waals surface area contributed by atoms with Gasteiger partial charge in [-0.05, 0) is 42.4 Å². The summed E-state index contributed by atoms with van der Waals surface area (Å²) in [5.41, 5.74) is 2.95. The third kappa shape index (κ3) is 2.84. The van der Waals surface area contributed by atoms with Crippen molar-refractivity contribution in [3.63, 3.8) is 0 Å². The fraction of sp³-hybridized carbons (Fsp3) is 0.464. The molecule has 188 valence electrons. The van der Waals surface area contributed by atoms with Gasteiger partial charge in [-0.1, -0.05) is 26.8 Å². The first kappa shape index (κ1) is 22.9. The summed E-state index contributed by atoms with van der Waals surface area (Å²) in [6.45, 7) is 7.31. The molecule has 1 saturated carbocycles. The molecule has 2 unspecified atom stereocenters. The number of aromatic nitrogens is 2. The van der Waals surface area contributed by atoms with Gasteiger partial charge in [-0.25, -0.2) is 9.97 Å². The molecule has 1 fully saturated rings. The fourth-order valence-electron chi connectivity index (χ4n) is 6.50. The van der Waals surface area contributed by atoms with Crippen molar-refractivity contribution in [2.75, 3.05) is 27.6 Å². The quantitative estimate of drug-likeness (QED) is 0.558. The van der Waals surface area contributed by atoms with Crippen LogP contribution in [0.1, 0.15) is 50.6 Å². The molecule has 36 heavy (non-hydrogen) atoms. The predicted octanol–water partition coefficient (Wildman–Crippen LogP) is 4.06. The van der Waals surface area contributed by atoms with Crippen molar-refractivity contribution < 1.29 is 23.7 Å². The van der Waals surface area contributed by atoms with Crippen LogP contribution in [-0.2, 0) is 22.0 Å². The normalized spacial score (nSPS) is 24.6. The Labute approximate surface area is 210 Å². The van der Waals surface area contributed by atoms with Gasteiger partial charge in [0.1, 0.15) is 0 Å². The summed E-state index contributed by atoms with van der Waals surface area (Å²) in [5, 5.41) is 3.24. The van der Waals surface area contributed by atoms with Gasteiger partial charge in [0.2, 0.25) is 12.7 Å². The summed E-state index contributed by atoms with van der Waals surface area (Å²) >= 11 is 0. The Bertz CT molecular complexity index is 1400. The van der Waals surface area contributed by atoms with Crippen LogP contribution in [0.4, 0.5) is 0 Å². The smallest absolute Gasteiger partial charge is 0.232 e. The maximum atomic E-state index is 14.0. The molecule has 1 aliphatic heterocycles. The number of ether oxygens (including phenoxy) is 4. The first-order chi connectivity index (χ1) is 17.2. The van der Waals surface area contributed by atoms with Gasteiger partial charge in [0, 0.05) is 24.1 Å². The van der Waals surface area contributed by atoms with Crippen LogP contribution in [0, 0.1) is 5.41 Å². The number of hydrogen-bond donors (Lipinski definition) is 1. The number of fused-ring (bicyclic) bond motifs is 7. The molecule has 8 heteroatoms. The number of rotatable bonds is 6. The standard InChI is InChI=1S/C28H31N3O5/c1-26(2)27(3)9-10-28(26,25(32)29-11-8-16-6-7-19(33-4)20(12-16)34-5)24-23(27)30-17-13-21-22(36-15-35-21)14-18(17)31-24/h6-7,12-14H,8-11,15H2,1-5H3,(H,29,32). The highest BCUT2D eigenvalue weighted by Gasteiger charge is 2.73. The monoisotopic (exact) mass is 489 g/mol. The number of amides is 1. The molecule has 0 radical (unpaired) electrons. The van der Waals surface area contributed by atoms with Gasteiger partial charge in [0.15, 0.2) is 23.0 Å². The van der Waals surface area contributed by atoms with Gasteiger partial charge in [0.25, 0.3) is 0 Å². The lowest BCUT2D eigenvalue weighted by atomic mass is 9.63. The minimum atomic E-state index is -0.744. The molecule has 2 aliphatic carbocycles. The molecule has 0 saturated heterocycles. The van der Waals surface area contributed by atoms with E-state index in [-0.39, 0.29) is 23.5 Å². The molecule has 2 bridgehead atoms. The third-order valence-electron chi connectivity index (χ3n) is 9.07. The van der Waals surface area contributed by atoms with E-state index < -0.39 is 5.41 Å². The highest BCUT2D eigenvalue weighted by atomic mass is 16.7. The lowest BCUT2D eigenvalue weighted by molar-refractivity contribution is -0.130. The van der Waals surface area contributed by atoms with Crippen LogP contribution in [0.15, 0.2) is 30.3 Å². The Balaban J connectivity index is 1.32. The molecule has 3 aromatic rings. The number of nitrogens with zero attached hydrogens (tertiary/aromatic N) is 2. The van der Waals surface area contributed by atoms with E-state index in [0.29, 0.717) is 36.0 Å². The van der Waals surface area contributed by atoms with Crippen LogP contribution in [0.5, 0.6) is 23.0 Å². The molecule has 6 rings (SSSR count). The second-order valence-corrected chi connectivity index (χ2v) is 10.7. The van der Waals surface area contributed by atoms with Crippen molar-refractivity contribution in [2.45, 2.75) is 50.9 Å². The minimum Gasteiger partial charge on any atom is -0.493 e. The van der Waals surface area contributed by atoms with E-state index in [4.69, 9.17) is 28.9 Å². The second-order valence-electron chi connectivity index (χ2n) is 10.7. The Kier molecular flexibility index (Phi) is 4.91. The summed E-state index contributed by atoms with van der Waals surface area (Å²) in [4.78, 5) is 24.2. The first-order valence-electron chi connectivity index (χ1n) is 12.4. The summed E-state index contributed by atoms with van der Waals surface area (Å²) < 4.78 is 21.9. The molecule has 1 amide bonds. The summed E-state index contributed by atoms with van der Waals surface area (Å²) in [6.07, 6.45) is 2.32. The number of methoxy groups -OCH3 is 2. The molecule has 3 aliphatic rings. The topological polar surface area (TPSA) is 91.8 Å². The van der Waals surface area contributed by atoms with Gasteiger partial charge in [-0.15, -0.1) is 0 Å². The van der Waals surface area contributed by atoms with E-state index in [1.807, 2.05) is 30.3 Å². The number of carbonyl (C=O) groups excluding carboxylic acids is 1. The Hall–Kier alpha value is -3.55. The van der Waals surface area contributed by atoms with Gasteiger partial charge < -0.3 is 24.3 Å². The Morgan fingerprint density at radius 1 is 0.944 bits per heavy atom. The molecular weight excluding hydrogens is 458 g/mol. The molecule has 2 atom stereocenters. The zero-order chi connectivity index (χ0) is 25.3. The van der Waals surface area contributed by atoms with Gasteiger partial charge in [0.05, 0.1) is 42.1 Å². The number of carbonyl (C=O) groups is 1. The zero-order valence-electron chi connectivity index (χ0n) is 21.4. The Morgan fingerprint density at radius 3 is 2.28 bits per heavy atom. The van der Waals surface area contributed by atoms with Crippen LogP contribution in [0.25, 0.3) is 11.0 Å². The molecule has 1 N–H and O–H groups in total. The van der Waals surface area contributed by atoms with Crippen LogP contribution in [0.2, 0.25) is 0 Å². The lowest BCUT2D eigenvalue weighted by Gasteiger charge is -2.39. The van der Waals surface area contributed by atoms with Crippen LogP contribution in [-0.4, -0.2) is 43.4 Å². The number of hydrogen-bond acceptors (Lipinski definition) is 7. The van der Waals surface area contributed by atoms with E-state index in [1.54, 1.807) is 14.2 Å². The third-order valence-corrected chi connectivity index (χ3v) is 9.07. The average molecular weight is 490 g/mol. The Morgan fingerprint density at radius 2 is 1.61 bits per heavy atom. The summed E-state index contributed by atoms with van der Waals surface area (Å²) in [5.74, 6) is 2.74. The lowest BCUT2D eigenvalue weighted by Crippen LogP contribution is -2.51. The van der Waals surface area contributed by atoms with Crippen LogP contribution < -0.4 is 24.3 Å². The predicted molar refractivity (Wildman–Crippen MR) is 134 cm³/mol. The molecule has 0 spiro atoms. The molecular formula is C28H31N3O5. The largest absolute Gasteiger partial charge is 0.493 e. The maximum absolute atomic E-state index is 14.0. The zero-order valence-corrected chi connectivity index (χ0v) is 21.4. The van der Waals surface area contributed by atoms with Gasteiger partial charge >= 0.3 is 0 Å². The van der Waals surface area contributed by atoms with Crippen molar-refractivity contribution in [1.82, 2.24) is 15.3 Å².